The van der Waals surface area contributed by atoms with Crippen molar-refractivity contribution >= 4 is 11.6 Å². The maximum atomic E-state index is 13.6. The lowest BCUT2D eigenvalue weighted by atomic mass is 9.90. The minimum atomic E-state index is -0.589. The number of amides is 1. The number of likely N-dealkylation sites (tertiary alicyclic amines) is 1. The number of aryl methyl sites for hydroxylation is 1. The summed E-state index contributed by atoms with van der Waals surface area (Å²) in [6.07, 6.45) is 4.50. The number of piperidine rings is 1. The van der Waals surface area contributed by atoms with E-state index < -0.39 is 11.9 Å². The number of hydrogen-bond acceptors (Lipinski definition) is 4. The van der Waals surface area contributed by atoms with Crippen molar-refractivity contribution in [1.82, 2.24) is 14.5 Å². The van der Waals surface area contributed by atoms with Crippen molar-refractivity contribution < 1.29 is 14.3 Å². The summed E-state index contributed by atoms with van der Waals surface area (Å²) in [5.41, 5.74) is 0.201. The molecule has 3 rings (SSSR count). The third-order valence-corrected chi connectivity index (χ3v) is 4.72. The van der Waals surface area contributed by atoms with E-state index in [1.807, 2.05) is 22.7 Å². The molecule has 1 atom stereocenters. The number of carbonyl (C=O) groups is 1. The molecule has 1 aliphatic rings. The normalized spacial score (nSPS) is 17.4. The summed E-state index contributed by atoms with van der Waals surface area (Å²) in [6, 6.07) is 6.13. The number of aliphatic hydroxyl groups is 1. The van der Waals surface area contributed by atoms with Gasteiger partial charge in [0.15, 0.2) is 0 Å². The topological polar surface area (TPSA) is 70.4 Å². The molecule has 2 N–H and O–H groups in total. The van der Waals surface area contributed by atoms with Crippen LogP contribution in [0.25, 0.3) is 0 Å². The van der Waals surface area contributed by atoms with Gasteiger partial charge in [0, 0.05) is 19.4 Å². The van der Waals surface area contributed by atoms with E-state index in [-0.39, 0.29) is 24.1 Å². The quantitative estimate of drug-likeness (QED) is 0.868. The molecule has 1 aromatic heterocycles. The molecule has 0 radical (unpaired) electrons. The van der Waals surface area contributed by atoms with Crippen LogP contribution in [0.2, 0.25) is 0 Å². The van der Waals surface area contributed by atoms with E-state index in [2.05, 4.69) is 10.3 Å². The number of imidazole rings is 1. The van der Waals surface area contributed by atoms with E-state index >= 15 is 0 Å². The molecule has 1 aromatic carbocycles. The molecular formula is C18H23FN4O2. The average Bonchev–Trinajstić information content (AvgIpc) is 3.03. The first-order chi connectivity index (χ1) is 12.0. The lowest BCUT2D eigenvalue weighted by Crippen LogP contribution is -2.40. The lowest BCUT2D eigenvalue weighted by Gasteiger charge is -2.33. The highest BCUT2D eigenvalue weighted by atomic mass is 19.1. The highest BCUT2D eigenvalue weighted by molar-refractivity contribution is 5.92. The van der Waals surface area contributed by atoms with Crippen molar-refractivity contribution in [2.75, 3.05) is 25.0 Å². The highest BCUT2D eigenvalue weighted by Crippen LogP contribution is 2.29. The number of rotatable bonds is 5. The minimum Gasteiger partial charge on any atom is -0.385 e. The summed E-state index contributed by atoms with van der Waals surface area (Å²) < 4.78 is 15.4. The Morgan fingerprint density at radius 2 is 2.12 bits per heavy atom. The zero-order valence-electron chi connectivity index (χ0n) is 14.2. The zero-order chi connectivity index (χ0) is 17.8. The Hall–Kier alpha value is -2.25. The van der Waals surface area contributed by atoms with Gasteiger partial charge in [0.1, 0.15) is 17.7 Å². The van der Waals surface area contributed by atoms with Gasteiger partial charge in [0.25, 0.3) is 0 Å². The van der Waals surface area contributed by atoms with Gasteiger partial charge in [-0.05, 0) is 44.0 Å². The third-order valence-electron chi connectivity index (χ3n) is 4.72. The first-order valence-corrected chi connectivity index (χ1v) is 8.46. The Kier molecular flexibility index (Phi) is 5.45. The maximum Gasteiger partial charge on any atom is 0.238 e. The molecule has 1 aliphatic heterocycles. The number of nitrogens with zero attached hydrogens (tertiary/aromatic N) is 3. The predicted octanol–water partition coefficient (Wildman–Crippen LogP) is 1.94. The fraction of sp³-hybridized carbons (Fsp3) is 0.444. The van der Waals surface area contributed by atoms with Gasteiger partial charge in [-0.1, -0.05) is 12.1 Å². The molecule has 0 aliphatic carbocycles. The summed E-state index contributed by atoms with van der Waals surface area (Å²) in [6.45, 7) is 1.66. The molecule has 1 fully saturated rings. The van der Waals surface area contributed by atoms with E-state index in [9.17, 15) is 14.3 Å². The minimum absolute atomic E-state index is 0.131. The molecule has 6 nitrogen and oxygen atoms in total. The number of anilines is 1. The lowest BCUT2D eigenvalue weighted by molar-refractivity contribution is -0.117. The number of carbonyl (C=O) groups excluding carboxylic acids is 1. The van der Waals surface area contributed by atoms with E-state index in [0.717, 1.165) is 25.9 Å². The summed E-state index contributed by atoms with van der Waals surface area (Å²) in [4.78, 5) is 18.3. The van der Waals surface area contributed by atoms with Gasteiger partial charge in [0.2, 0.25) is 5.91 Å². The van der Waals surface area contributed by atoms with E-state index in [0.29, 0.717) is 5.82 Å². The monoisotopic (exact) mass is 346 g/mol. The number of hydrogen-bond donors (Lipinski definition) is 2. The second-order valence-corrected chi connectivity index (χ2v) is 6.48. The van der Waals surface area contributed by atoms with Gasteiger partial charge in [-0.2, -0.15) is 0 Å². The number of nitrogens with one attached hydrogen (secondary N) is 1. The largest absolute Gasteiger partial charge is 0.385 e. The van der Waals surface area contributed by atoms with Gasteiger partial charge >= 0.3 is 0 Å². The van der Waals surface area contributed by atoms with Crippen LogP contribution in [-0.4, -0.2) is 45.1 Å². The number of benzene rings is 1. The molecule has 25 heavy (non-hydrogen) atoms. The second kappa shape index (κ2) is 7.76. The second-order valence-electron chi connectivity index (χ2n) is 6.48. The fourth-order valence-electron chi connectivity index (χ4n) is 3.26. The molecule has 1 saturated heterocycles. The molecule has 0 bridgehead atoms. The average molecular weight is 346 g/mol. The summed E-state index contributed by atoms with van der Waals surface area (Å²) in [5, 5.41) is 13.1. The van der Waals surface area contributed by atoms with Gasteiger partial charge in [0.05, 0.1) is 12.2 Å². The van der Waals surface area contributed by atoms with Crippen LogP contribution < -0.4 is 5.32 Å². The Labute approximate surface area is 146 Å². The van der Waals surface area contributed by atoms with Crippen molar-refractivity contribution in [3.8, 4) is 0 Å². The molecule has 0 spiro atoms. The SMILES string of the molecule is Cn1ccnc1C(O)C1CCN(CC(=O)Nc2ccccc2F)CC1. The number of halogens is 1. The smallest absolute Gasteiger partial charge is 0.238 e. The zero-order valence-corrected chi connectivity index (χ0v) is 14.2. The van der Waals surface area contributed by atoms with E-state index in [1.165, 1.54) is 6.07 Å². The van der Waals surface area contributed by atoms with Crippen LogP contribution in [0.15, 0.2) is 36.7 Å². The molecule has 134 valence electrons. The summed E-state index contributed by atoms with van der Waals surface area (Å²) in [7, 11) is 1.87. The molecule has 1 unspecified atom stereocenters. The van der Waals surface area contributed by atoms with Gasteiger partial charge in [-0.15, -0.1) is 0 Å². The molecule has 2 aromatic rings. The van der Waals surface area contributed by atoms with Gasteiger partial charge < -0.3 is 15.0 Å². The van der Waals surface area contributed by atoms with Crippen molar-refractivity contribution in [3.05, 3.63) is 48.3 Å². The molecular weight excluding hydrogens is 323 g/mol. The van der Waals surface area contributed by atoms with Crippen LogP contribution >= 0.6 is 0 Å². The van der Waals surface area contributed by atoms with E-state index in [4.69, 9.17) is 0 Å². The predicted molar refractivity (Wildman–Crippen MR) is 92.4 cm³/mol. The number of aromatic nitrogens is 2. The van der Waals surface area contributed by atoms with Gasteiger partial charge in [-0.3, -0.25) is 9.69 Å². The van der Waals surface area contributed by atoms with Crippen LogP contribution in [0, 0.1) is 11.7 Å². The first kappa shape index (κ1) is 17.6. The molecule has 2 heterocycles. The van der Waals surface area contributed by atoms with Crippen LogP contribution in [0.4, 0.5) is 10.1 Å². The van der Waals surface area contributed by atoms with Crippen LogP contribution in [0.5, 0.6) is 0 Å². The van der Waals surface area contributed by atoms with Crippen LogP contribution in [0.1, 0.15) is 24.8 Å². The Balaban J connectivity index is 1.48. The van der Waals surface area contributed by atoms with Crippen molar-refractivity contribution in [3.63, 3.8) is 0 Å². The van der Waals surface area contributed by atoms with E-state index in [1.54, 1.807) is 24.4 Å². The van der Waals surface area contributed by atoms with Crippen molar-refractivity contribution in [2.24, 2.45) is 13.0 Å². The maximum absolute atomic E-state index is 13.6. The van der Waals surface area contributed by atoms with Crippen LogP contribution in [0.3, 0.4) is 0 Å². The molecule has 7 heteroatoms. The van der Waals surface area contributed by atoms with Gasteiger partial charge in [-0.25, -0.2) is 9.37 Å². The van der Waals surface area contributed by atoms with Crippen LogP contribution in [-0.2, 0) is 11.8 Å². The number of aliphatic hydroxyl groups excluding tert-OH is 1. The molecule has 1 amide bonds. The highest BCUT2D eigenvalue weighted by Gasteiger charge is 2.29. The fourth-order valence-corrected chi connectivity index (χ4v) is 3.26. The Morgan fingerprint density at radius 1 is 1.40 bits per heavy atom. The van der Waals surface area contributed by atoms with Crippen molar-refractivity contribution in [1.29, 1.82) is 0 Å². The summed E-state index contributed by atoms with van der Waals surface area (Å²) >= 11 is 0. The molecule has 0 saturated carbocycles. The Bertz CT molecular complexity index is 725. The summed E-state index contributed by atoms with van der Waals surface area (Å²) in [5.74, 6) is 0.142. The Morgan fingerprint density at radius 3 is 2.76 bits per heavy atom. The first-order valence-electron chi connectivity index (χ1n) is 8.46. The standard InChI is InChI=1S/C18H23FN4O2/c1-22-11-8-20-18(22)17(25)13-6-9-23(10-7-13)12-16(24)21-15-5-3-2-4-14(15)19/h2-5,8,11,13,17,25H,6-7,9-10,12H2,1H3,(H,21,24). The number of para-hydroxylation sites is 1. The third kappa shape index (κ3) is 4.24. The van der Waals surface area contributed by atoms with Crippen molar-refractivity contribution in [2.45, 2.75) is 18.9 Å².